The second-order valence-electron chi connectivity index (χ2n) is 9.76. The lowest BCUT2D eigenvalue weighted by Crippen LogP contribution is -2.64. The van der Waals surface area contributed by atoms with Gasteiger partial charge in [0.25, 0.3) is 5.91 Å². The molecule has 2 heterocycles. The molecule has 1 saturated heterocycles. The van der Waals surface area contributed by atoms with E-state index in [9.17, 15) is 4.79 Å². The van der Waals surface area contributed by atoms with Gasteiger partial charge in [0, 0.05) is 37.6 Å². The first kappa shape index (κ1) is 15.7. The van der Waals surface area contributed by atoms with Crippen molar-refractivity contribution in [1.82, 2.24) is 14.8 Å². The van der Waals surface area contributed by atoms with Crippen molar-refractivity contribution >= 4 is 5.91 Å². The summed E-state index contributed by atoms with van der Waals surface area (Å²) in [7, 11) is 0. The maximum atomic E-state index is 13.0. The smallest absolute Gasteiger partial charge is 0.276 e. The van der Waals surface area contributed by atoms with Crippen LogP contribution in [-0.2, 0) is 0 Å². The van der Waals surface area contributed by atoms with Crippen molar-refractivity contribution in [2.75, 3.05) is 26.2 Å². The number of aromatic nitrogens is 1. The van der Waals surface area contributed by atoms with Crippen LogP contribution in [0.1, 0.15) is 73.5 Å². The van der Waals surface area contributed by atoms with Crippen LogP contribution in [0.15, 0.2) is 10.8 Å². The van der Waals surface area contributed by atoms with Crippen LogP contribution >= 0.6 is 0 Å². The van der Waals surface area contributed by atoms with Gasteiger partial charge in [0.2, 0.25) is 0 Å². The number of carbonyl (C=O) groups is 1. The topological polar surface area (TPSA) is 49.6 Å². The predicted molar refractivity (Wildman–Crippen MR) is 96.9 cm³/mol. The average Bonchev–Trinajstić information content (AvgIpc) is 3.37. The maximum absolute atomic E-state index is 13.0. The molecule has 0 aromatic carbocycles. The van der Waals surface area contributed by atoms with E-state index in [0.29, 0.717) is 17.2 Å². The normalized spacial score (nSPS) is 39.5. The first-order valence-electron chi connectivity index (χ1n) is 10.7. The van der Waals surface area contributed by atoms with Gasteiger partial charge >= 0.3 is 0 Å². The summed E-state index contributed by atoms with van der Waals surface area (Å²) < 4.78 is 5.52. The largest absolute Gasteiger partial charge is 0.447 e. The predicted octanol–water partition coefficient (Wildman–Crippen LogP) is 3.28. The fourth-order valence-electron chi connectivity index (χ4n) is 7.04. The number of nitrogens with zero attached hydrogens (tertiary/aromatic N) is 3. The van der Waals surface area contributed by atoms with Crippen molar-refractivity contribution in [2.45, 2.75) is 62.8 Å². The van der Waals surface area contributed by atoms with Gasteiger partial charge in [0.15, 0.2) is 12.1 Å². The average molecular weight is 355 g/mol. The molecule has 4 bridgehead atoms. The summed E-state index contributed by atoms with van der Waals surface area (Å²) >= 11 is 0. The Hall–Kier alpha value is -1.36. The van der Waals surface area contributed by atoms with Crippen molar-refractivity contribution in [3.8, 4) is 0 Å². The van der Waals surface area contributed by atoms with Crippen molar-refractivity contribution < 1.29 is 9.21 Å². The van der Waals surface area contributed by atoms with Crippen LogP contribution in [-0.4, -0.2) is 52.4 Å². The van der Waals surface area contributed by atoms with E-state index in [2.05, 4.69) is 9.88 Å². The molecule has 0 spiro atoms. The Labute approximate surface area is 155 Å². The minimum atomic E-state index is 0.0887. The quantitative estimate of drug-likeness (QED) is 0.835. The Morgan fingerprint density at radius 2 is 1.62 bits per heavy atom. The second-order valence-corrected chi connectivity index (χ2v) is 9.76. The highest BCUT2D eigenvalue weighted by Crippen LogP contribution is 2.57. The van der Waals surface area contributed by atoms with Gasteiger partial charge in [0.1, 0.15) is 5.76 Å². The second kappa shape index (κ2) is 5.57. The third-order valence-corrected chi connectivity index (χ3v) is 7.99. The molecule has 140 valence electrons. The molecule has 0 unspecified atom stereocenters. The van der Waals surface area contributed by atoms with Crippen LogP contribution in [0, 0.1) is 17.8 Å². The third-order valence-electron chi connectivity index (χ3n) is 7.99. The van der Waals surface area contributed by atoms with Crippen LogP contribution in [0.4, 0.5) is 0 Å². The molecular weight excluding hydrogens is 326 g/mol. The number of amides is 1. The zero-order valence-electron chi connectivity index (χ0n) is 15.5. The van der Waals surface area contributed by atoms with Gasteiger partial charge < -0.3 is 9.32 Å². The number of hydrogen-bond donors (Lipinski definition) is 0. The van der Waals surface area contributed by atoms with Gasteiger partial charge in [-0.05, 0) is 69.1 Å². The molecule has 5 aliphatic carbocycles. The van der Waals surface area contributed by atoms with Gasteiger partial charge in [-0.25, -0.2) is 4.98 Å². The molecule has 7 rings (SSSR count). The van der Waals surface area contributed by atoms with E-state index < -0.39 is 0 Å². The van der Waals surface area contributed by atoms with E-state index in [-0.39, 0.29) is 5.91 Å². The number of carbonyl (C=O) groups excluding carboxylic acids is 1. The third kappa shape index (κ3) is 2.39. The lowest BCUT2D eigenvalue weighted by molar-refractivity contribution is -0.0987. The standard InChI is InChI=1S/C21H29N3O2/c25-20(18-19(17-1-2-17)26-13-22-18)23-3-5-24(6-4-23)21-10-14-7-15(11-21)9-16(8-14)12-21/h13-17H,1-12H2. The molecule has 1 amide bonds. The van der Waals surface area contributed by atoms with Crippen molar-refractivity contribution in [3.05, 3.63) is 17.8 Å². The van der Waals surface area contributed by atoms with E-state index in [1.165, 1.54) is 44.9 Å². The highest BCUT2D eigenvalue weighted by atomic mass is 16.3. The minimum absolute atomic E-state index is 0.0887. The number of rotatable bonds is 3. The lowest BCUT2D eigenvalue weighted by atomic mass is 9.52. The summed E-state index contributed by atoms with van der Waals surface area (Å²) in [6.07, 6.45) is 12.5. The monoisotopic (exact) mass is 355 g/mol. The molecule has 5 saturated carbocycles. The fraction of sp³-hybridized carbons (Fsp3) is 0.810. The van der Waals surface area contributed by atoms with Gasteiger partial charge in [-0.15, -0.1) is 0 Å². The molecule has 1 aromatic rings. The number of piperazine rings is 1. The van der Waals surface area contributed by atoms with E-state index in [1.54, 1.807) is 0 Å². The van der Waals surface area contributed by atoms with Crippen molar-refractivity contribution in [3.63, 3.8) is 0 Å². The van der Waals surface area contributed by atoms with E-state index in [1.807, 2.05) is 4.90 Å². The Bertz CT molecular complexity index is 679. The van der Waals surface area contributed by atoms with Gasteiger partial charge in [-0.3, -0.25) is 9.69 Å². The minimum Gasteiger partial charge on any atom is -0.447 e. The van der Waals surface area contributed by atoms with E-state index >= 15 is 0 Å². The van der Waals surface area contributed by atoms with Crippen LogP contribution in [0.5, 0.6) is 0 Å². The zero-order valence-corrected chi connectivity index (χ0v) is 15.5. The number of oxazole rings is 1. The molecule has 6 aliphatic rings. The molecule has 5 nitrogen and oxygen atoms in total. The van der Waals surface area contributed by atoms with E-state index in [4.69, 9.17) is 4.42 Å². The molecule has 0 radical (unpaired) electrons. The number of hydrogen-bond acceptors (Lipinski definition) is 4. The zero-order chi connectivity index (χ0) is 17.3. The van der Waals surface area contributed by atoms with Crippen molar-refractivity contribution in [2.24, 2.45) is 17.8 Å². The molecule has 26 heavy (non-hydrogen) atoms. The molecular formula is C21H29N3O2. The molecule has 1 aliphatic heterocycles. The molecule has 6 fully saturated rings. The summed E-state index contributed by atoms with van der Waals surface area (Å²) in [5.74, 6) is 4.31. The Balaban J connectivity index is 1.15. The first-order valence-corrected chi connectivity index (χ1v) is 10.7. The van der Waals surface area contributed by atoms with Crippen molar-refractivity contribution in [1.29, 1.82) is 0 Å². The summed E-state index contributed by atoms with van der Waals surface area (Å²) in [5.41, 5.74) is 1.05. The van der Waals surface area contributed by atoms with Gasteiger partial charge in [-0.1, -0.05) is 0 Å². The Morgan fingerprint density at radius 3 is 2.19 bits per heavy atom. The molecule has 0 atom stereocenters. The molecule has 0 N–H and O–H groups in total. The summed E-state index contributed by atoms with van der Waals surface area (Å²) in [6.45, 7) is 3.76. The van der Waals surface area contributed by atoms with Crippen LogP contribution < -0.4 is 0 Å². The van der Waals surface area contributed by atoms with E-state index in [0.717, 1.165) is 62.5 Å². The van der Waals surface area contributed by atoms with Gasteiger partial charge in [-0.2, -0.15) is 0 Å². The first-order chi connectivity index (χ1) is 12.7. The lowest BCUT2D eigenvalue weighted by Gasteiger charge is -2.61. The SMILES string of the molecule is O=C(c1ncoc1C1CC1)N1CCN(C23CC4CC(CC(C4)C2)C3)CC1. The fourth-order valence-corrected chi connectivity index (χ4v) is 7.04. The van der Waals surface area contributed by atoms with Crippen LogP contribution in [0.25, 0.3) is 0 Å². The van der Waals surface area contributed by atoms with Crippen LogP contribution in [0.2, 0.25) is 0 Å². The summed E-state index contributed by atoms with van der Waals surface area (Å²) in [4.78, 5) is 22.0. The maximum Gasteiger partial charge on any atom is 0.276 e. The van der Waals surface area contributed by atoms with Gasteiger partial charge in [0.05, 0.1) is 0 Å². The Kier molecular flexibility index (Phi) is 3.36. The highest BCUT2D eigenvalue weighted by molar-refractivity contribution is 5.93. The molecule has 5 heteroatoms. The summed E-state index contributed by atoms with van der Waals surface area (Å²) in [5, 5.41) is 0. The van der Waals surface area contributed by atoms with Crippen LogP contribution in [0.3, 0.4) is 0 Å². The highest BCUT2D eigenvalue weighted by Gasteiger charge is 2.53. The molecule has 1 aromatic heterocycles. The Morgan fingerprint density at radius 1 is 1.00 bits per heavy atom. The summed E-state index contributed by atoms with van der Waals surface area (Å²) in [6, 6.07) is 0.